The van der Waals surface area contributed by atoms with E-state index in [1.54, 1.807) is 0 Å². The number of hydroxylamine groups is 2. The van der Waals surface area contributed by atoms with Crippen molar-refractivity contribution in [3.63, 3.8) is 0 Å². The minimum atomic E-state index is 0.0116. The molecule has 0 aliphatic carbocycles. The Morgan fingerprint density at radius 3 is 1.48 bits per heavy atom. The highest BCUT2D eigenvalue weighted by Gasteiger charge is 1.98. The van der Waals surface area contributed by atoms with Crippen molar-refractivity contribution in [2.45, 2.75) is 0 Å². The SMILES string of the molecule is C=C(NOCONC(=C)c1ccccc1)c1ccccc1. The van der Waals surface area contributed by atoms with E-state index >= 15 is 0 Å². The molecule has 0 saturated heterocycles. The maximum atomic E-state index is 5.16. The summed E-state index contributed by atoms with van der Waals surface area (Å²) in [6.07, 6.45) is 0. The van der Waals surface area contributed by atoms with E-state index in [2.05, 4.69) is 24.1 Å². The zero-order valence-corrected chi connectivity index (χ0v) is 11.7. The third-order valence-electron chi connectivity index (χ3n) is 2.75. The highest BCUT2D eigenvalue weighted by atomic mass is 16.8. The number of hydrogen-bond acceptors (Lipinski definition) is 4. The molecule has 0 unspecified atom stereocenters. The summed E-state index contributed by atoms with van der Waals surface area (Å²) in [5.41, 5.74) is 8.70. The Kier molecular flexibility index (Phi) is 5.58. The molecule has 0 saturated carbocycles. The van der Waals surface area contributed by atoms with E-state index in [1.165, 1.54) is 0 Å². The van der Waals surface area contributed by atoms with Crippen molar-refractivity contribution in [1.82, 2.24) is 11.0 Å². The van der Waals surface area contributed by atoms with Crippen LogP contribution in [0.2, 0.25) is 0 Å². The van der Waals surface area contributed by atoms with Crippen molar-refractivity contribution in [2.75, 3.05) is 6.79 Å². The van der Waals surface area contributed by atoms with Gasteiger partial charge in [0.15, 0.2) is 6.79 Å². The summed E-state index contributed by atoms with van der Waals surface area (Å²) in [4.78, 5) is 10.3. The number of rotatable bonds is 8. The first-order valence-electron chi connectivity index (χ1n) is 6.51. The Balaban J connectivity index is 1.64. The normalized spacial score (nSPS) is 9.90. The molecule has 21 heavy (non-hydrogen) atoms. The topological polar surface area (TPSA) is 42.5 Å². The van der Waals surface area contributed by atoms with Gasteiger partial charge in [0.1, 0.15) is 0 Å². The third kappa shape index (κ3) is 4.80. The van der Waals surface area contributed by atoms with Gasteiger partial charge < -0.3 is 0 Å². The van der Waals surface area contributed by atoms with Crippen molar-refractivity contribution in [1.29, 1.82) is 0 Å². The van der Waals surface area contributed by atoms with Crippen molar-refractivity contribution >= 4 is 11.4 Å². The zero-order valence-electron chi connectivity index (χ0n) is 11.7. The molecule has 4 heteroatoms. The van der Waals surface area contributed by atoms with Crippen LogP contribution in [0.3, 0.4) is 0 Å². The molecule has 4 nitrogen and oxygen atoms in total. The molecule has 0 bridgehead atoms. The van der Waals surface area contributed by atoms with Gasteiger partial charge in [0.05, 0.1) is 11.4 Å². The highest BCUT2D eigenvalue weighted by Crippen LogP contribution is 2.09. The summed E-state index contributed by atoms with van der Waals surface area (Å²) in [5.74, 6) is 0. The molecule has 0 atom stereocenters. The second-order valence-electron chi connectivity index (χ2n) is 4.30. The maximum Gasteiger partial charge on any atom is 0.199 e. The van der Waals surface area contributed by atoms with Crippen molar-refractivity contribution in [2.24, 2.45) is 0 Å². The average molecular weight is 282 g/mol. The van der Waals surface area contributed by atoms with Gasteiger partial charge in [-0.2, -0.15) is 0 Å². The van der Waals surface area contributed by atoms with Gasteiger partial charge in [0.2, 0.25) is 0 Å². The van der Waals surface area contributed by atoms with Crippen LogP contribution in [0.1, 0.15) is 11.1 Å². The fourth-order valence-electron chi connectivity index (χ4n) is 1.66. The van der Waals surface area contributed by atoms with Crippen LogP contribution in [0.5, 0.6) is 0 Å². The molecule has 0 spiro atoms. The lowest BCUT2D eigenvalue weighted by Gasteiger charge is -2.12. The molecule has 0 aromatic heterocycles. The summed E-state index contributed by atoms with van der Waals surface area (Å²) >= 11 is 0. The lowest BCUT2D eigenvalue weighted by atomic mass is 10.2. The van der Waals surface area contributed by atoms with Crippen LogP contribution >= 0.6 is 0 Å². The van der Waals surface area contributed by atoms with Gasteiger partial charge in [-0.1, -0.05) is 73.8 Å². The van der Waals surface area contributed by atoms with Gasteiger partial charge in [-0.25, -0.2) is 9.68 Å². The van der Waals surface area contributed by atoms with Gasteiger partial charge in [-0.05, 0) is 11.1 Å². The molecule has 2 N–H and O–H groups in total. The van der Waals surface area contributed by atoms with Gasteiger partial charge in [-0.15, -0.1) is 0 Å². The summed E-state index contributed by atoms with van der Waals surface area (Å²) < 4.78 is 0. The summed E-state index contributed by atoms with van der Waals surface area (Å²) in [6, 6.07) is 19.4. The molecule has 0 aliphatic heterocycles. The molecule has 2 aromatic rings. The lowest BCUT2D eigenvalue weighted by Crippen LogP contribution is -2.20. The monoisotopic (exact) mass is 282 g/mol. The van der Waals surface area contributed by atoms with Crippen molar-refractivity contribution in [3.05, 3.63) is 84.9 Å². The second kappa shape index (κ2) is 7.89. The van der Waals surface area contributed by atoms with Crippen LogP contribution in [0.25, 0.3) is 11.4 Å². The largest absolute Gasteiger partial charge is 0.264 e. The minimum absolute atomic E-state index is 0.0116. The summed E-state index contributed by atoms with van der Waals surface area (Å²) in [5, 5.41) is 0. The van der Waals surface area contributed by atoms with Crippen LogP contribution in [0, 0.1) is 0 Å². The van der Waals surface area contributed by atoms with E-state index < -0.39 is 0 Å². The quantitative estimate of drug-likeness (QED) is 0.443. The standard InChI is InChI=1S/C17H18N2O2/c1-14(16-9-5-3-6-10-16)18-20-13-21-19-15(2)17-11-7-4-8-12-17/h3-12,18-19H,1-2,13H2. The zero-order chi connectivity index (χ0) is 14.9. The van der Waals surface area contributed by atoms with Gasteiger partial charge >= 0.3 is 0 Å². The van der Waals surface area contributed by atoms with Crippen LogP contribution < -0.4 is 11.0 Å². The molecular formula is C17H18N2O2. The predicted octanol–water partition coefficient (Wildman–Crippen LogP) is 3.33. The number of hydrogen-bond donors (Lipinski definition) is 2. The Bertz CT molecular complexity index is 529. The van der Waals surface area contributed by atoms with E-state index in [0.29, 0.717) is 11.4 Å². The smallest absolute Gasteiger partial charge is 0.199 e. The van der Waals surface area contributed by atoms with Gasteiger partial charge in [-0.3, -0.25) is 11.0 Å². The molecule has 0 radical (unpaired) electrons. The van der Waals surface area contributed by atoms with Gasteiger partial charge in [0, 0.05) is 0 Å². The minimum Gasteiger partial charge on any atom is -0.264 e. The van der Waals surface area contributed by atoms with Crippen LogP contribution in [-0.2, 0) is 9.68 Å². The summed E-state index contributed by atoms with van der Waals surface area (Å²) in [7, 11) is 0. The molecule has 0 amide bonds. The summed E-state index contributed by atoms with van der Waals surface area (Å²) in [6.45, 7) is 7.76. The third-order valence-corrected chi connectivity index (χ3v) is 2.75. The second-order valence-corrected chi connectivity index (χ2v) is 4.30. The molecule has 0 aliphatic rings. The Morgan fingerprint density at radius 2 is 1.10 bits per heavy atom. The number of nitrogens with one attached hydrogen (secondary N) is 2. The van der Waals surface area contributed by atoms with Crippen LogP contribution in [-0.4, -0.2) is 6.79 Å². The Labute approximate surface area is 124 Å². The maximum absolute atomic E-state index is 5.16. The molecule has 2 aromatic carbocycles. The van der Waals surface area contributed by atoms with E-state index in [9.17, 15) is 0 Å². The Hall–Kier alpha value is -2.56. The van der Waals surface area contributed by atoms with Gasteiger partial charge in [0.25, 0.3) is 0 Å². The number of benzene rings is 2. The molecule has 108 valence electrons. The first-order valence-corrected chi connectivity index (χ1v) is 6.51. The molecule has 0 fully saturated rings. The molecular weight excluding hydrogens is 264 g/mol. The van der Waals surface area contributed by atoms with E-state index in [4.69, 9.17) is 9.68 Å². The van der Waals surface area contributed by atoms with E-state index in [0.717, 1.165) is 11.1 Å². The molecule has 2 rings (SSSR count). The Morgan fingerprint density at radius 1 is 0.714 bits per heavy atom. The first kappa shape index (κ1) is 14.8. The fourth-order valence-corrected chi connectivity index (χ4v) is 1.66. The van der Waals surface area contributed by atoms with Crippen molar-refractivity contribution < 1.29 is 9.68 Å². The predicted molar refractivity (Wildman–Crippen MR) is 84.3 cm³/mol. The highest BCUT2D eigenvalue weighted by molar-refractivity contribution is 5.61. The fraction of sp³-hybridized carbons (Fsp3) is 0.0588. The lowest BCUT2D eigenvalue weighted by molar-refractivity contribution is -0.107. The van der Waals surface area contributed by atoms with Crippen LogP contribution in [0.15, 0.2) is 73.8 Å². The van der Waals surface area contributed by atoms with Crippen LogP contribution in [0.4, 0.5) is 0 Å². The first-order chi connectivity index (χ1) is 10.3. The van der Waals surface area contributed by atoms with Crippen molar-refractivity contribution in [3.8, 4) is 0 Å². The molecule has 0 heterocycles. The van der Waals surface area contributed by atoms with E-state index in [-0.39, 0.29) is 6.79 Å². The average Bonchev–Trinajstić information content (AvgIpc) is 2.55. The van der Waals surface area contributed by atoms with E-state index in [1.807, 2.05) is 60.7 Å².